The van der Waals surface area contributed by atoms with Gasteiger partial charge >= 0.3 is 0 Å². The first kappa shape index (κ1) is 12.4. The topological polar surface area (TPSA) is 58.6 Å². The van der Waals surface area contributed by atoms with Gasteiger partial charge in [0.15, 0.2) is 0 Å². The maximum atomic E-state index is 12.1. The highest BCUT2D eigenvalue weighted by atomic mass is 16.5. The molecular weight excluding hydrogens is 220 g/mol. The van der Waals surface area contributed by atoms with E-state index in [1.165, 1.54) is 0 Å². The largest absolute Gasteiger partial charge is 0.385 e. The molecule has 2 atom stereocenters. The molecule has 0 aromatic rings. The second-order valence-corrected chi connectivity index (χ2v) is 4.89. The van der Waals surface area contributed by atoms with Crippen LogP contribution < -0.4 is 5.32 Å². The molecule has 1 aliphatic heterocycles. The van der Waals surface area contributed by atoms with Crippen molar-refractivity contribution in [2.75, 3.05) is 20.3 Å². The van der Waals surface area contributed by atoms with Crippen molar-refractivity contribution in [2.45, 2.75) is 38.3 Å². The number of amides is 2. The van der Waals surface area contributed by atoms with Gasteiger partial charge in [0.1, 0.15) is 12.1 Å². The summed E-state index contributed by atoms with van der Waals surface area (Å²) in [7, 11) is 1.64. The Kier molecular flexibility index (Phi) is 3.66. The van der Waals surface area contributed by atoms with Gasteiger partial charge in [0.05, 0.1) is 0 Å². The molecule has 2 amide bonds. The summed E-state index contributed by atoms with van der Waals surface area (Å²) in [5.41, 5.74) is 0. The molecule has 0 bridgehead atoms. The third-order valence-corrected chi connectivity index (χ3v) is 3.43. The lowest BCUT2D eigenvalue weighted by molar-refractivity contribution is -0.149. The Labute approximate surface area is 101 Å². The standard InChI is InChI=1S/C12H20N2O3/c1-8-12(16)14(6-3-7-17-2)10(9-4-5-9)11(15)13-8/h8-10H,3-7H2,1-2H3,(H,13,15). The zero-order valence-corrected chi connectivity index (χ0v) is 10.4. The van der Waals surface area contributed by atoms with Crippen LogP contribution in [-0.2, 0) is 14.3 Å². The van der Waals surface area contributed by atoms with Gasteiger partial charge in [-0.1, -0.05) is 0 Å². The highest BCUT2D eigenvalue weighted by molar-refractivity contribution is 5.97. The minimum atomic E-state index is -0.389. The minimum Gasteiger partial charge on any atom is -0.385 e. The number of ether oxygens (including phenoxy) is 1. The van der Waals surface area contributed by atoms with E-state index in [1.54, 1.807) is 18.9 Å². The van der Waals surface area contributed by atoms with Crippen molar-refractivity contribution < 1.29 is 14.3 Å². The van der Waals surface area contributed by atoms with Gasteiger partial charge in [0.2, 0.25) is 11.8 Å². The molecule has 1 saturated carbocycles. The Bertz CT molecular complexity index is 315. The summed E-state index contributed by atoms with van der Waals surface area (Å²) in [4.78, 5) is 25.8. The van der Waals surface area contributed by atoms with Gasteiger partial charge in [0.25, 0.3) is 0 Å². The number of carbonyl (C=O) groups excluding carboxylic acids is 2. The van der Waals surface area contributed by atoms with Crippen LogP contribution in [0.1, 0.15) is 26.2 Å². The normalized spacial score (nSPS) is 29.4. The summed E-state index contributed by atoms with van der Waals surface area (Å²) < 4.78 is 4.99. The van der Waals surface area contributed by atoms with Crippen molar-refractivity contribution in [1.29, 1.82) is 0 Å². The third kappa shape index (κ3) is 2.60. The van der Waals surface area contributed by atoms with Crippen molar-refractivity contribution in [2.24, 2.45) is 5.92 Å². The monoisotopic (exact) mass is 240 g/mol. The quantitative estimate of drug-likeness (QED) is 0.696. The zero-order chi connectivity index (χ0) is 12.4. The van der Waals surface area contributed by atoms with E-state index in [1.807, 2.05) is 0 Å². The van der Waals surface area contributed by atoms with Crippen LogP contribution in [0.2, 0.25) is 0 Å². The number of carbonyl (C=O) groups is 2. The summed E-state index contributed by atoms with van der Waals surface area (Å²) in [6.07, 6.45) is 2.90. The van der Waals surface area contributed by atoms with E-state index in [9.17, 15) is 9.59 Å². The van der Waals surface area contributed by atoms with E-state index in [2.05, 4.69) is 5.32 Å². The molecule has 2 fully saturated rings. The van der Waals surface area contributed by atoms with Gasteiger partial charge in [0, 0.05) is 20.3 Å². The summed E-state index contributed by atoms with van der Waals surface area (Å²) in [5, 5.41) is 2.76. The van der Waals surface area contributed by atoms with Crippen molar-refractivity contribution in [3.63, 3.8) is 0 Å². The van der Waals surface area contributed by atoms with Crippen molar-refractivity contribution >= 4 is 11.8 Å². The number of nitrogens with one attached hydrogen (secondary N) is 1. The Morgan fingerprint density at radius 1 is 1.41 bits per heavy atom. The smallest absolute Gasteiger partial charge is 0.245 e. The van der Waals surface area contributed by atoms with Crippen LogP contribution in [0.4, 0.5) is 0 Å². The van der Waals surface area contributed by atoms with Gasteiger partial charge in [-0.25, -0.2) is 0 Å². The molecule has 5 heteroatoms. The van der Waals surface area contributed by atoms with Crippen LogP contribution in [0.15, 0.2) is 0 Å². The number of hydrogen-bond acceptors (Lipinski definition) is 3. The fourth-order valence-corrected chi connectivity index (χ4v) is 2.40. The SMILES string of the molecule is COCCCN1C(=O)C(C)NC(=O)C1C1CC1. The number of hydrogen-bond donors (Lipinski definition) is 1. The Balaban J connectivity index is 2.03. The van der Waals surface area contributed by atoms with E-state index in [0.717, 1.165) is 19.3 Å². The molecule has 96 valence electrons. The third-order valence-electron chi connectivity index (χ3n) is 3.43. The van der Waals surface area contributed by atoms with Gasteiger partial charge in [-0.3, -0.25) is 9.59 Å². The lowest BCUT2D eigenvalue weighted by Gasteiger charge is -2.38. The Morgan fingerprint density at radius 3 is 2.71 bits per heavy atom. The molecular formula is C12H20N2O3. The molecule has 2 unspecified atom stereocenters. The lowest BCUT2D eigenvalue weighted by Crippen LogP contribution is -2.63. The maximum absolute atomic E-state index is 12.1. The van der Waals surface area contributed by atoms with Crippen LogP contribution in [0.25, 0.3) is 0 Å². The average Bonchev–Trinajstić information content (AvgIpc) is 3.09. The molecule has 0 aromatic carbocycles. The second-order valence-electron chi connectivity index (χ2n) is 4.89. The number of piperazine rings is 1. The van der Waals surface area contributed by atoms with E-state index in [4.69, 9.17) is 4.74 Å². The molecule has 1 heterocycles. The molecule has 17 heavy (non-hydrogen) atoms. The van der Waals surface area contributed by atoms with Crippen LogP contribution >= 0.6 is 0 Å². The molecule has 1 aliphatic carbocycles. The molecule has 1 N–H and O–H groups in total. The average molecular weight is 240 g/mol. The first-order valence-corrected chi connectivity index (χ1v) is 6.25. The summed E-state index contributed by atoms with van der Waals surface area (Å²) in [6.45, 7) is 2.98. The van der Waals surface area contributed by atoms with Crippen molar-refractivity contribution in [1.82, 2.24) is 10.2 Å². The molecule has 0 aromatic heterocycles. The number of nitrogens with zero attached hydrogens (tertiary/aromatic N) is 1. The van der Waals surface area contributed by atoms with Gasteiger partial charge in [-0.2, -0.15) is 0 Å². The zero-order valence-electron chi connectivity index (χ0n) is 10.4. The molecule has 2 rings (SSSR count). The Morgan fingerprint density at radius 2 is 2.12 bits per heavy atom. The van der Waals surface area contributed by atoms with Crippen LogP contribution in [0, 0.1) is 5.92 Å². The molecule has 0 radical (unpaired) electrons. The van der Waals surface area contributed by atoms with Gasteiger partial charge < -0.3 is 15.0 Å². The molecule has 2 aliphatic rings. The van der Waals surface area contributed by atoms with Crippen LogP contribution in [0.5, 0.6) is 0 Å². The molecule has 1 saturated heterocycles. The van der Waals surface area contributed by atoms with Crippen LogP contribution in [-0.4, -0.2) is 49.1 Å². The number of methoxy groups -OCH3 is 1. The van der Waals surface area contributed by atoms with E-state index in [0.29, 0.717) is 19.1 Å². The number of rotatable bonds is 5. The van der Waals surface area contributed by atoms with E-state index in [-0.39, 0.29) is 23.9 Å². The first-order chi connectivity index (χ1) is 8.15. The van der Waals surface area contributed by atoms with Crippen molar-refractivity contribution in [3.8, 4) is 0 Å². The maximum Gasteiger partial charge on any atom is 0.245 e. The lowest BCUT2D eigenvalue weighted by atomic mass is 10.0. The predicted octanol–water partition coefficient (Wildman–Crippen LogP) is 0.148. The highest BCUT2D eigenvalue weighted by Crippen LogP contribution is 2.36. The fourth-order valence-electron chi connectivity index (χ4n) is 2.40. The fraction of sp³-hybridized carbons (Fsp3) is 0.833. The summed E-state index contributed by atoms with van der Waals surface area (Å²) >= 11 is 0. The predicted molar refractivity (Wildman–Crippen MR) is 62.3 cm³/mol. The minimum absolute atomic E-state index is 0.0111. The van der Waals surface area contributed by atoms with E-state index >= 15 is 0 Å². The van der Waals surface area contributed by atoms with Gasteiger partial charge in [-0.05, 0) is 32.1 Å². The van der Waals surface area contributed by atoms with Gasteiger partial charge in [-0.15, -0.1) is 0 Å². The van der Waals surface area contributed by atoms with Crippen molar-refractivity contribution in [3.05, 3.63) is 0 Å². The van der Waals surface area contributed by atoms with E-state index < -0.39 is 0 Å². The summed E-state index contributed by atoms with van der Waals surface area (Å²) in [5.74, 6) is 0.420. The van der Waals surface area contributed by atoms with Crippen LogP contribution in [0.3, 0.4) is 0 Å². The molecule has 0 spiro atoms. The molecule has 5 nitrogen and oxygen atoms in total. The first-order valence-electron chi connectivity index (χ1n) is 6.25. The summed E-state index contributed by atoms with van der Waals surface area (Å²) in [6, 6.07) is -0.629. The Hall–Kier alpha value is -1.10. The highest BCUT2D eigenvalue weighted by Gasteiger charge is 2.46. The second kappa shape index (κ2) is 5.04.